The van der Waals surface area contributed by atoms with Crippen molar-refractivity contribution >= 4 is 22.4 Å². The van der Waals surface area contributed by atoms with Crippen molar-refractivity contribution in [1.29, 1.82) is 0 Å². The molecule has 2 N–H and O–H groups in total. The third-order valence-corrected chi connectivity index (χ3v) is 5.41. The van der Waals surface area contributed by atoms with Crippen LogP contribution in [0.2, 0.25) is 0 Å². The first-order valence-corrected chi connectivity index (χ1v) is 9.11. The van der Waals surface area contributed by atoms with E-state index in [0.717, 1.165) is 25.0 Å². The Balaban J connectivity index is 1.56. The number of amides is 1. The molecule has 0 saturated heterocycles. The smallest absolute Gasteiger partial charge is 0.261 e. The standard InChI is InChI=1S/C18H17FN4OS/c19-12-8-6-11(7-9-12)16-13(10-20-23-16)17(24)22-18-21-14-4-2-1-3-5-15(14)25-18/h6-10H,1-5H2,(H,20,23)(H,21,22,24). The van der Waals surface area contributed by atoms with E-state index in [1.807, 2.05) is 0 Å². The fourth-order valence-electron chi connectivity index (χ4n) is 3.04. The number of thiazole rings is 1. The van der Waals surface area contributed by atoms with E-state index in [9.17, 15) is 9.18 Å². The summed E-state index contributed by atoms with van der Waals surface area (Å²) in [6.07, 6.45) is 7.07. The largest absolute Gasteiger partial charge is 0.298 e. The minimum absolute atomic E-state index is 0.267. The Kier molecular flexibility index (Phi) is 4.31. The lowest BCUT2D eigenvalue weighted by atomic mass is 10.1. The number of nitrogens with zero attached hydrogens (tertiary/aromatic N) is 2. The van der Waals surface area contributed by atoms with Gasteiger partial charge in [0.15, 0.2) is 5.13 Å². The molecule has 0 unspecified atom stereocenters. The van der Waals surface area contributed by atoms with E-state index >= 15 is 0 Å². The average molecular weight is 356 g/mol. The second-order valence-corrected chi connectivity index (χ2v) is 7.15. The Labute approximate surface area is 148 Å². The molecular weight excluding hydrogens is 339 g/mol. The number of aromatic amines is 1. The van der Waals surface area contributed by atoms with Gasteiger partial charge in [-0.2, -0.15) is 5.10 Å². The lowest BCUT2D eigenvalue weighted by molar-refractivity contribution is 0.102. The highest BCUT2D eigenvalue weighted by atomic mass is 32.1. The Morgan fingerprint density at radius 1 is 1.16 bits per heavy atom. The highest BCUT2D eigenvalue weighted by Crippen LogP contribution is 2.30. The summed E-state index contributed by atoms with van der Waals surface area (Å²) in [5.41, 5.74) is 2.80. The molecule has 1 aliphatic rings. The summed E-state index contributed by atoms with van der Waals surface area (Å²) < 4.78 is 13.1. The van der Waals surface area contributed by atoms with Crippen molar-refractivity contribution in [2.75, 3.05) is 5.32 Å². The maximum atomic E-state index is 13.1. The molecule has 0 spiro atoms. The number of hydrogen-bond donors (Lipinski definition) is 2. The van der Waals surface area contributed by atoms with E-state index in [4.69, 9.17) is 0 Å². The van der Waals surface area contributed by atoms with Crippen LogP contribution in [-0.2, 0) is 12.8 Å². The molecule has 2 aromatic heterocycles. The van der Waals surface area contributed by atoms with Gasteiger partial charge in [0.05, 0.1) is 23.1 Å². The van der Waals surface area contributed by atoms with Crippen LogP contribution in [0.1, 0.15) is 40.2 Å². The molecule has 0 radical (unpaired) electrons. The second kappa shape index (κ2) is 6.76. The van der Waals surface area contributed by atoms with Gasteiger partial charge in [0.25, 0.3) is 5.91 Å². The molecule has 1 aromatic carbocycles. The summed E-state index contributed by atoms with van der Waals surface area (Å²) in [6, 6.07) is 5.95. The third-order valence-electron chi connectivity index (χ3n) is 4.33. The van der Waals surface area contributed by atoms with E-state index < -0.39 is 0 Å². The van der Waals surface area contributed by atoms with Gasteiger partial charge in [-0.3, -0.25) is 15.2 Å². The van der Waals surface area contributed by atoms with Crippen LogP contribution in [0.4, 0.5) is 9.52 Å². The molecule has 0 saturated carbocycles. The monoisotopic (exact) mass is 356 g/mol. The number of hydrogen-bond acceptors (Lipinski definition) is 4. The highest BCUT2D eigenvalue weighted by molar-refractivity contribution is 7.15. The molecule has 128 valence electrons. The number of aromatic nitrogens is 3. The van der Waals surface area contributed by atoms with Crippen LogP contribution in [0.25, 0.3) is 11.3 Å². The van der Waals surface area contributed by atoms with Gasteiger partial charge in [0, 0.05) is 10.4 Å². The zero-order chi connectivity index (χ0) is 17.2. The maximum absolute atomic E-state index is 13.1. The van der Waals surface area contributed by atoms with Gasteiger partial charge in [-0.1, -0.05) is 6.42 Å². The first kappa shape index (κ1) is 16.0. The Morgan fingerprint density at radius 3 is 2.80 bits per heavy atom. The number of anilines is 1. The van der Waals surface area contributed by atoms with Gasteiger partial charge in [-0.25, -0.2) is 9.37 Å². The molecular formula is C18H17FN4OS. The van der Waals surface area contributed by atoms with Crippen molar-refractivity contribution in [1.82, 2.24) is 15.2 Å². The summed E-state index contributed by atoms with van der Waals surface area (Å²) in [4.78, 5) is 18.5. The molecule has 7 heteroatoms. The van der Waals surface area contributed by atoms with Gasteiger partial charge < -0.3 is 0 Å². The number of nitrogens with one attached hydrogen (secondary N) is 2. The molecule has 0 atom stereocenters. The number of H-pyrrole nitrogens is 1. The fourth-order valence-corrected chi connectivity index (χ4v) is 4.09. The maximum Gasteiger partial charge on any atom is 0.261 e. The van der Waals surface area contributed by atoms with Crippen molar-refractivity contribution in [2.45, 2.75) is 32.1 Å². The van der Waals surface area contributed by atoms with Crippen LogP contribution < -0.4 is 5.32 Å². The van der Waals surface area contributed by atoms with Crippen LogP contribution in [0, 0.1) is 5.82 Å². The topological polar surface area (TPSA) is 70.7 Å². The highest BCUT2D eigenvalue weighted by Gasteiger charge is 2.19. The molecule has 1 aliphatic carbocycles. The Hall–Kier alpha value is -2.54. The van der Waals surface area contributed by atoms with E-state index in [1.165, 1.54) is 36.0 Å². The van der Waals surface area contributed by atoms with Crippen LogP contribution in [-0.4, -0.2) is 21.1 Å². The number of carbonyl (C=O) groups is 1. The van der Waals surface area contributed by atoms with Gasteiger partial charge >= 0.3 is 0 Å². The summed E-state index contributed by atoms with van der Waals surface area (Å²) in [6.45, 7) is 0. The van der Waals surface area contributed by atoms with Gasteiger partial charge in [-0.05, 0) is 49.9 Å². The summed E-state index contributed by atoms with van der Waals surface area (Å²) in [7, 11) is 0. The number of benzene rings is 1. The summed E-state index contributed by atoms with van der Waals surface area (Å²) >= 11 is 1.55. The van der Waals surface area contributed by atoms with Crippen molar-refractivity contribution in [3.05, 3.63) is 52.4 Å². The molecule has 0 bridgehead atoms. The number of fused-ring (bicyclic) bond motifs is 1. The van der Waals surface area contributed by atoms with E-state index in [2.05, 4.69) is 20.5 Å². The number of carbonyl (C=O) groups excluding carboxylic acids is 1. The SMILES string of the molecule is O=C(Nc1nc2c(s1)CCCCC2)c1cn[nH]c1-c1ccc(F)cc1. The minimum atomic E-state index is -0.321. The summed E-state index contributed by atoms with van der Waals surface area (Å²) in [5.74, 6) is -0.587. The molecule has 3 aromatic rings. The van der Waals surface area contributed by atoms with Crippen molar-refractivity contribution < 1.29 is 9.18 Å². The van der Waals surface area contributed by atoms with Gasteiger partial charge in [0.2, 0.25) is 0 Å². The quantitative estimate of drug-likeness (QED) is 0.691. The number of aryl methyl sites for hydroxylation is 2. The molecule has 25 heavy (non-hydrogen) atoms. The van der Waals surface area contributed by atoms with Gasteiger partial charge in [-0.15, -0.1) is 11.3 Å². The molecule has 0 aliphatic heterocycles. The fraction of sp³-hybridized carbons (Fsp3) is 0.278. The van der Waals surface area contributed by atoms with E-state index in [0.29, 0.717) is 22.0 Å². The lowest BCUT2D eigenvalue weighted by Crippen LogP contribution is -2.12. The normalized spacial score (nSPS) is 14.0. The van der Waals surface area contributed by atoms with Crippen LogP contribution in [0.15, 0.2) is 30.5 Å². The third kappa shape index (κ3) is 3.32. The van der Waals surface area contributed by atoms with Gasteiger partial charge in [0.1, 0.15) is 5.82 Å². The first-order chi connectivity index (χ1) is 12.2. The molecule has 4 rings (SSSR count). The predicted octanol–water partition coefficient (Wildman–Crippen LogP) is 4.19. The zero-order valence-electron chi connectivity index (χ0n) is 13.5. The molecule has 0 fully saturated rings. The van der Waals surface area contributed by atoms with Crippen LogP contribution in [0.5, 0.6) is 0 Å². The van der Waals surface area contributed by atoms with E-state index in [-0.39, 0.29) is 11.7 Å². The Bertz CT molecular complexity index is 877. The van der Waals surface area contributed by atoms with Crippen LogP contribution in [0.3, 0.4) is 0 Å². The molecule has 2 heterocycles. The van der Waals surface area contributed by atoms with E-state index in [1.54, 1.807) is 23.5 Å². The predicted molar refractivity (Wildman–Crippen MR) is 95.3 cm³/mol. The van der Waals surface area contributed by atoms with Crippen molar-refractivity contribution in [3.8, 4) is 11.3 Å². The minimum Gasteiger partial charge on any atom is -0.298 e. The number of rotatable bonds is 3. The Morgan fingerprint density at radius 2 is 1.96 bits per heavy atom. The van der Waals surface area contributed by atoms with Crippen molar-refractivity contribution in [2.24, 2.45) is 0 Å². The lowest BCUT2D eigenvalue weighted by Gasteiger charge is -2.03. The zero-order valence-corrected chi connectivity index (χ0v) is 14.3. The molecule has 1 amide bonds. The average Bonchev–Trinajstić information content (AvgIpc) is 3.18. The first-order valence-electron chi connectivity index (χ1n) is 8.30. The summed E-state index contributed by atoms with van der Waals surface area (Å²) in [5, 5.41) is 10.3. The van der Waals surface area contributed by atoms with Crippen LogP contribution >= 0.6 is 11.3 Å². The molecule has 5 nitrogen and oxygen atoms in total. The second-order valence-electron chi connectivity index (χ2n) is 6.07. The van der Waals surface area contributed by atoms with Crippen molar-refractivity contribution in [3.63, 3.8) is 0 Å². The number of halogens is 1.